The number of amides is 1. The maximum atomic E-state index is 12.9. The van der Waals surface area contributed by atoms with Gasteiger partial charge in [0.05, 0.1) is 12.1 Å². The Balaban J connectivity index is 1.93. The Kier molecular flexibility index (Phi) is 5.66. The predicted molar refractivity (Wildman–Crippen MR) is 83.2 cm³/mol. The van der Waals surface area contributed by atoms with Crippen LogP contribution in [0.4, 0.5) is 23.2 Å². The smallest absolute Gasteiger partial charge is 0.376 e. The number of carbonyl (C=O) groups excluding carboxylic acids is 1. The first-order chi connectivity index (χ1) is 11.3. The van der Waals surface area contributed by atoms with Crippen molar-refractivity contribution in [3.63, 3.8) is 0 Å². The summed E-state index contributed by atoms with van der Waals surface area (Å²) in [7, 11) is 0. The lowest BCUT2D eigenvalue weighted by atomic mass is 10.1. The average molecular weight is 361 g/mol. The molecule has 1 amide bonds. The lowest BCUT2D eigenvalue weighted by Crippen LogP contribution is -2.29. The van der Waals surface area contributed by atoms with Crippen molar-refractivity contribution in [3.05, 3.63) is 64.4 Å². The van der Waals surface area contributed by atoms with E-state index in [1.807, 2.05) is 0 Å². The molecule has 0 saturated heterocycles. The Hall–Kier alpha value is -2.28. The Labute approximate surface area is 140 Å². The maximum Gasteiger partial charge on any atom is 0.418 e. The van der Waals surface area contributed by atoms with Crippen molar-refractivity contribution in [2.75, 3.05) is 11.9 Å². The fourth-order valence-electron chi connectivity index (χ4n) is 1.95. The van der Waals surface area contributed by atoms with Crippen molar-refractivity contribution < 1.29 is 22.4 Å². The van der Waals surface area contributed by atoms with Crippen LogP contribution in [0, 0.1) is 5.82 Å². The minimum absolute atomic E-state index is 0.0476. The third kappa shape index (κ3) is 5.13. The molecule has 0 aliphatic rings. The first kappa shape index (κ1) is 18.1. The largest absolute Gasteiger partial charge is 0.418 e. The number of hydrogen-bond donors (Lipinski definition) is 2. The SMILES string of the molecule is O=C(CNc1ccc(Cl)cc1C(F)(F)F)NCc1ccc(F)cc1. The van der Waals surface area contributed by atoms with Crippen LogP contribution in [-0.2, 0) is 17.5 Å². The van der Waals surface area contributed by atoms with E-state index in [1.165, 1.54) is 36.4 Å². The van der Waals surface area contributed by atoms with E-state index in [0.29, 0.717) is 5.56 Å². The van der Waals surface area contributed by atoms with Gasteiger partial charge >= 0.3 is 6.18 Å². The van der Waals surface area contributed by atoms with E-state index in [-0.39, 0.29) is 23.8 Å². The lowest BCUT2D eigenvalue weighted by Gasteiger charge is -2.15. The topological polar surface area (TPSA) is 41.1 Å². The van der Waals surface area contributed by atoms with E-state index < -0.39 is 23.5 Å². The summed E-state index contributed by atoms with van der Waals surface area (Å²) in [6.07, 6.45) is -4.59. The quantitative estimate of drug-likeness (QED) is 0.784. The Morgan fingerprint density at radius 3 is 2.38 bits per heavy atom. The van der Waals surface area contributed by atoms with Crippen molar-refractivity contribution in [3.8, 4) is 0 Å². The fourth-order valence-corrected chi connectivity index (χ4v) is 2.12. The molecular formula is C16H13ClF4N2O. The summed E-state index contributed by atoms with van der Waals surface area (Å²) in [6, 6.07) is 8.77. The van der Waals surface area contributed by atoms with Crippen LogP contribution in [0.1, 0.15) is 11.1 Å². The van der Waals surface area contributed by atoms with E-state index in [0.717, 1.165) is 6.07 Å². The Morgan fingerprint density at radius 1 is 1.08 bits per heavy atom. The number of anilines is 1. The van der Waals surface area contributed by atoms with Crippen LogP contribution in [0.2, 0.25) is 5.02 Å². The van der Waals surface area contributed by atoms with Gasteiger partial charge in [-0.2, -0.15) is 13.2 Å². The second kappa shape index (κ2) is 7.53. The molecular weight excluding hydrogens is 348 g/mol. The number of benzene rings is 2. The highest BCUT2D eigenvalue weighted by molar-refractivity contribution is 6.30. The van der Waals surface area contributed by atoms with Gasteiger partial charge in [-0.3, -0.25) is 4.79 Å². The van der Waals surface area contributed by atoms with Gasteiger partial charge < -0.3 is 10.6 Å². The Morgan fingerprint density at radius 2 is 1.75 bits per heavy atom. The number of hydrogen-bond acceptors (Lipinski definition) is 2. The minimum atomic E-state index is -4.59. The molecule has 2 rings (SSSR count). The number of alkyl halides is 3. The number of carbonyl (C=O) groups is 1. The second-order valence-electron chi connectivity index (χ2n) is 4.94. The molecule has 0 aliphatic carbocycles. The molecule has 2 aromatic rings. The zero-order valence-electron chi connectivity index (χ0n) is 12.3. The molecule has 24 heavy (non-hydrogen) atoms. The van der Waals surface area contributed by atoms with Crippen LogP contribution in [0.15, 0.2) is 42.5 Å². The lowest BCUT2D eigenvalue weighted by molar-refractivity contribution is -0.137. The van der Waals surface area contributed by atoms with Crippen LogP contribution in [0.5, 0.6) is 0 Å². The number of rotatable bonds is 5. The molecule has 3 nitrogen and oxygen atoms in total. The molecule has 0 aromatic heterocycles. The molecule has 2 aromatic carbocycles. The third-order valence-corrected chi connectivity index (χ3v) is 3.36. The van der Waals surface area contributed by atoms with Crippen molar-refractivity contribution in [2.45, 2.75) is 12.7 Å². The van der Waals surface area contributed by atoms with Gasteiger partial charge in [-0.25, -0.2) is 4.39 Å². The van der Waals surface area contributed by atoms with E-state index in [4.69, 9.17) is 11.6 Å². The van der Waals surface area contributed by atoms with Gasteiger partial charge in [-0.05, 0) is 35.9 Å². The summed E-state index contributed by atoms with van der Waals surface area (Å²) in [5.41, 5.74) is -0.502. The molecule has 0 unspecified atom stereocenters. The van der Waals surface area contributed by atoms with Crippen LogP contribution in [0.25, 0.3) is 0 Å². The van der Waals surface area contributed by atoms with E-state index in [1.54, 1.807) is 0 Å². The van der Waals surface area contributed by atoms with Gasteiger partial charge in [0, 0.05) is 17.3 Å². The normalized spacial score (nSPS) is 11.2. The second-order valence-corrected chi connectivity index (χ2v) is 5.38. The Bertz CT molecular complexity index is 717. The molecule has 0 aliphatic heterocycles. The van der Waals surface area contributed by atoms with Gasteiger partial charge in [-0.1, -0.05) is 23.7 Å². The summed E-state index contributed by atoms with van der Waals surface area (Å²) < 4.78 is 51.5. The van der Waals surface area contributed by atoms with E-state index >= 15 is 0 Å². The van der Waals surface area contributed by atoms with Crippen LogP contribution in [0.3, 0.4) is 0 Å². The maximum absolute atomic E-state index is 12.9. The minimum Gasteiger partial charge on any atom is -0.376 e. The van der Waals surface area contributed by atoms with Crippen molar-refractivity contribution in [1.82, 2.24) is 5.32 Å². The molecule has 0 heterocycles. The van der Waals surface area contributed by atoms with Crippen LogP contribution in [-0.4, -0.2) is 12.5 Å². The van der Waals surface area contributed by atoms with Gasteiger partial charge in [0.1, 0.15) is 5.82 Å². The first-order valence-electron chi connectivity index (χ1n) is 6.87. The van der Waals surface area contributed by atoms with Crippen LogP contribution < -0.4 is 10.6 Å². The van der Waals surface area contributed by atoms with Gasteiger partial charge in [-0.15, -0.1) is 0 Å². The highest BCUT2D eigenvalue weighted by atomic mass is 35.5. The fraction of sp³-hybridized carbons (Fsp3) is 0.188. The summed E-state index contributed by atoms with van der Waals surface area (Å²) in [6.45, 7) is -0.195. The molecule has 2 N–H and O–H groups in total. The monoisotopic (exact) mass is 360 g/mol. The number of nitrogens with one attached hydrogen (secondary N) is 2. The van der Waals surface area contributed by atoms with E-state index in [9.17, 15) is 22.4 Å². The van der Waals surface area contributed by atoms with Gasteiger partial charge in [0.25, 0.3) is 0 Å². The predicted octanol–water partition coefficient (Wildman–Crippen LogP) is 4.23. The first-order valence-corrected chi connectivity index (χ1v) is 7.25. The molecule has 0 bridgehead atoms. The molecule has 0 spiro atoms. The van der Waals surface area contributed by atoms with Gasteiger partial charge in [0.2, 0.25) is 5.91 Å². The molecule has 128 valence electrons. The molecule has 0 saturated carbocycles. The third-order valence-electron chi connectivity index (χ3n) is 3.13. The van der Waals surface area contributed by atoms with Crippen LogP contribution >= 0.6 is 11.6 Å². The summed E-state index contributed by atoms with van der Waals surface area (Å²) in [5, 5.41) is 4.92. The number of halogens is 5. The average Bonchev–Trinajstić information content (AvgIpc) is 2.52. The highest BCUT2D eigenvalue weighted by Crippen LogP contribution is 2.36. The van der Waals surface area contributed by atoms with Crippen molar-refractivity contribution >= 4 is 23.2 Å². The standard InChI is InChI=1S/C16H13ClF4N2O/c17-11-3-6-14(13(7-11)16(19,20)21)22-9-15(24)23-8-10-1-4-12(18)5-2-10/h1-7,22H,8-9H2,(H,23,24). The molecule has 0 atom stereocenters. The van der Waals surface area contributed by atoms with Gasteiger partial charge in [0.15, 0.2) is 0 Å². The molecule has 8 heteroatoms. The van der Waals surface area contributed by atoms with Crippen molar-refractivity contribution in [2.24, 2.45) is 0 Å². The zero-order chi connectivity index (χ0) is 17.7. The zero-order valence-corrected chi connectivity index (χ0v) is 13.0. The molecule has 0 fully saturated rings. The highest BCUT2D eigenvalue weighted by Gasteiger charge is 2.33. The summed E-state index contributed by atoms with van der Waals surface area (Å²) in [5.74, 6) is -0.892. The van der Waals surface area contributed by atoms with Crippen molar-refractivity contribution in [1.29, 1.82) is 0 Å². The summed E-state index contributed by atoms with van der Waals surface area (Å²) >= 11 is 5.58. The van der Waals surface area contributed by atoms with E-state index in [2.05, 4.69) is 10.6 Å². The summed E-state index contributed by atoms with van der Waals surface area (Å²) in [4.78, 5) is 11.7. The molecule has 0 radical (unpaired) electrons.